The number of aromatic amines is 2. The Morgan fingerprint density at radius 1 is 1.14 bits per heavy atom. The number of aromatic nitrogens is 6. The molecule has 2 N–H and O–H groups in total. The summed E-state index contributed by atoms with van der Waals surface area (Å²) < 4.78 is 7.38. The van der Waals surface area contributed by atoms with Crippen LogP contribution in [0.25, 0.3) is 5.69 Å². The molecule has 1 atom stereocenters. The van der Waals surface area contributed by atoms with Gasteiger partial charge in [-0.2, -0.15) is 0 Å². The van der Waals surface area contributed by atoms with E-state index in [1.54, 1.807) is 19.8 Å². The molecule has 1 aliphatic heterocycles. The van der Waals surface area contributed by atoms with Crippen molar-refractivity contribution in [2.45, 2.75) is 19.0 Å². The van der Waals surface area contributed by atoms with Crippen LogP contribution in [0.15, 0.2) is 55.5 Å². The lowest BCUT2D eigenvalue weighted by atomic mass is 10.0. The van der Waals surface area contributed by atoms with Crippen LogP contribution in [0.2, 0.25) is 0 Å². The van der Waals surface area contributed by atoms with Crippen molar-refractivity contribution in [1.29, 1.82) is 0 Å². The van der Waals surface area contributed by atoms with Gasteiger partial charge in [0.25, 0.3) is 0 Å². The van der Waals surface area contributed by atoms with Crippen molar-refractivity contribution in [3.05, 3.63) is 78.4 Å². The Morgan fingerprint density at radius 2 is 2.04 bits per heavy atom. The zero-order valence-corrected chi connectivity index (χ0v) is 15.5. The molecule has 0 radical (unpaired) electrons. The monoisotopic (exact) mass is 375 g/mol. The molecule has 1 aliphatic rings. The van der Waals surface area contributed by atoms with Crippen LogP contribution in [0, 0.1) is 0 Å². The molecule has 0 bridgehead atoms. The van der Waals surface area contributed by atoms with Gasteiger partial charge < -0.3 is 19.3 Å². The molecule has 4 aromatic rings. The Labute approximate surface area is 162 Å². The SMILES string of the molecule is COc1ccc(-n2ccnc2CN2CCc3[nH]cnc3C2c2cnc[nH]2)cc1. The summed E-state index contributed by atoms with van der Waals surface area (Å²) in [6, 6.07) is 8.03. The van der Waals surface area contributed by atoms with Gasteiger partial charge in [-0.3, -0.25) is 4.90 Å². The Kier molecular flexibility index (Phi) is 4.17. The van der Waals surface area contributed by atoms with Crippen LogP contribution in [-0.4, -0.2) is 48.0 Å². The topological polar surface area (TPSA) is 87.7 Å². The largest absolute Gasteiger partial charge is 0.497 e. The van der Waals surface area contributed by atoms with Crippen LogP contribution < -0.4 is 4.74 Å². The molecular formula is C20H21N7O. The number of fused-ring (bicyclic) bond motifs is 1. The minimum atomic E-state index is 0.0264. The first-order chi connectivity index (χ1) is 13.8. The minimum absolute atomic E-state index is 0.0264. The van der Waals surface area contributed by atoms with Gasteiger partial charge in [-0.15, -0.1) is 0 Å². The molecule has 0 fully saturated rings. The lowest BCUT2D eigenvalue weighted by Crippen LogP contribution is -2.36. The number of H-pyrrole nitrogens is 2. The molecule has 8 nitrogen and oxygen atoms in total. The van der Waals surface area contributed by atoms with Crippen molar-refractivity contribution < 1.29 is 4.74 Å². The summed E-state index contributed by atoms with van der Waals surface area (Å²) in [6.07, 6.45) is 10.1. The average molecular weight is 375 g/mol. The number of benzene rings is 1. The number of ether oxygens (including phenoxy) is 1. The molecule has 5 rings (SSSR count). The highest BCUT2D eigenvalue weighted by Gasteiger charge is 2.32. The van der Waals surface area contributed by atoms with E-state index >= 15 is 0 Å². The van der Waals surface area contributed by atoms with Gasteiger partial charge in [0, 0.05) is 42.9 Å². The predicted octanol–water partition coefficient (Wildman–Crippen LogP) is 2.47. The van der Waals surface area contributed by atoms with Gasteiger partial charge in [-0.05, 0) is 24.3 Å². The van der Waals surface area contributed by atoms with E-state index in [-0.39, 0.29) is 6.04 Å². The van der Waals surface area contributed by atoms with Crippen molar-refractivity contribution in [3.63, 3.8) is 0 Å². The average Bonchev–Trinajstić information content (AvgIpc) is 3.49. The standard InChI is InChI=1S/C20H21N7O/c1-28-15-4-2-14(3-5-15)27-9-7-22-18(27)11-26-8-6-16-19(25-13-24-16)20(26)17-10-21-12-23-17/h2-5,7,9-10,12-13,20H,6,8,11H2,1H3,(H,21,23)(H,24,25). The molecule has 1 unspecified atom stereocenters. The second-order valence-electron chi connectivity index (χ2n) is 6.81. The quantitative estimate of drug-likeness (QED) is 0.560. The summed E-state index contributed by atoms with van der Waals surface area (Å²) in [5.74, 6) is 1.82. The fourth-order valence-corrected chi connectivity index (χ4v) is 3.87. The molecule has 28 heavy (non-hydrogen) atoms. The van der Waals surface area contributed by atoms with Crippen molar-refractivity contribution in [1.82, 2.24) is 34.4 Å². The summed E-state index contributed by atoms with van der Waals surface area (Å²) in [7, 11) is 1.67. The maximum absolute atomic E-state index is 5.27. The number of nitrogens with zero attached hydrogens (tertiary/aromatic N) is 5. The summed E-state index contributed by atoms with van der Waals surface area (Å²) >= 11 is 0. The smallest absolute Gasteiger partial charge is 0.127 e. The Hall–Kier alpha value is -3.39. The van der Waals surface area contributed by atoms with E-state index in [0.29, 0.717) is 6.54 Å². The van der Waals surface area contributed by atoms with Gasteiger partial charge in [0.05, 0.1) is 43.7 Å². The van der Waals surface area contributed by atoms with Crippen LogP contribution in [0.5, 0.6) is 5.75 Å². The van der Waals surface area contributed by atoms with Crippen LogP contribution >= 0.6 is 0 Å². The summed E-state index contributed by atoms with van der Waals surface area (Å²) in [5, 5.41) is 0. The van der Waals surface area contributed by atoms with Crippen molar-refractivity contribution in [2.75, 3.05) is 13.7 Å². The van der Waals surface area contributed by atoms with Crippen LogP contribution in [0.3, 0.4) is 0 Å². The third-order valence-electron chi connectivity index (χ3n) is 5.25. The molecule has 0 saturated heterocycles. The lowest BCUT2D eigenvalue weighted by molar-refractivity contribution is 0.191. The number of nitrogens with one attached hydrogen (secondary N) is 2. The normalized spacial score (nSPS) is 16.8. The molecule has 3 aromatic heterocycles. The second kappa shape index (κ2) is 6.97. The van der Waals surface area contributed by atoms with Crippen LogP contribution in [0.4, 0.5) is 0 Å². The van der Waals surface area contributed by atoms with Crippen molar-refractivity contribution >= 4 is 0 Å². The van der Waals surface area contributed by atoms with Gasteiger partial charge in [-0.1, -0.05) is 0 Å². The third-order valence-corrected chi connectivity index (χ3v) is 5.25. The maximum Gasteiger partial charge on any atom is 0.127 e. The van der Waals surface area contributed by atoms with E-state index in [2.05, 4.69) is 34.4 Å². The van der Waals surface area contributed by atoms with Gasteiger partial charge in [0.15, 0.2) is 0 Å². The molecule has 8 heteroatoms. The Balaban J connectivity index is 1.47. The van der Waals surface area contributed by atoms with Crippen molar-refractivity contribution in [3.8, 4) is 11.4 Å². The number of hydrogen-bond acceptors (Lipinski definition) is 5. The van der Waals surface area contributed by atoms with Crippen LogP contribution in [-0.2, 0) is 13.0 Å². The number of methoxy groups -OCH3 is 1. The maximum atomic E-state index is 5.27. The number of imidazole rings is 3. The predicted molar refractivity (Wildman–Crippen MR) is 103 cm³/mol. The summed E-state index contributed by atoms with van der Waals surface area (Å²) in [4.78, 5) is 22.3. The fourth-order valence-electron chi connectivity index (χ4n) is 3.87. The highest BCUT2D eigenvalue weighted by atomic mass is 16.5. The number of rotatable bonds is 5. The lowest BCUT2D eigenvalue weighted by Gasteiger charge is -2.34. The fraction of sp³-hybridized carbons (Fsp3) is 0.250. The highest BCUT2D eigenvalue weighted by molar-refractivity contribution is 5.38. The van der Waals surface area contributed by atoms with Gasteiger partial charge in [0.2, 0.25) is 0 Å². The molecule has 0 spiro atoms. The molecule has 1 aromatic carbocycles. The molecule has 0 saturated carbocycles. The van der Waals surface area contributed by atoms with E-state index in [9.17, 15) is 0 Å². The van der Waals surface area contributed by atoms with Gasteiger partial charge in [-0.25, -0.2) is 15.0 Å². The molecule has 0 amide bonds. The molecule has 0 aliphatic carbocycles. The van der Waals surface area contributed by atoms with Gasteiger partial charge >= 0.3 is 0 Å². The molecular weight excluding hydrogens is 354 g/mol. The van der Waals surface area contributed by atoms with Gasteiger partial charge in [0.1, 0.15) is 11.6 Å². The first-order valence-corrected chi connectivity index (χ1v) is 9.24. The Bertz CT molecular complexity index is 1050. The highest BCUT2D eigenvalue weighted by Crippen LogP contribution is 2.33. The third kappa shape index (κ3) is 2.87. The zero-order valence-electron chi connectivity index (χ0n) is 15.5. The second-order valence-corrected chi connectivity index (χ2v) is 6.81. The summed E-state index contributed by atoms with van der Waals surface area (Å²) in [5.41, 5.74) is 4.34. The first kappa shape index (κ1) is 16.8. The van der Waals surface area contributed by atoms with E-state index in [4.69, 9.17) is 4.74 Å². The van der Waals surface area contributed by atoms with E-state index in [1.807, 2.05) is 42.9 Å². The minimum Gasteiger partial charge on any atom is -0.497 e. The summed E-state index contributed by atoms with van der Waals surface area (Å²) in [6.45, 7) is 1.61. The van der Waals surface area contributed by atoms with Crippen molar-refractivity contribution in [2.24, 2.45) is 0 Å². The Morgan fingerprint density at radius 3 is 2.82 bits per heavy atom. The number of hydrogen-bond donors (Lipinski definition) is 2. The van der Waals surface area contributed by atoms with E-state index in [1.165, 1.54) is 5.69 Å². The van der Waals surface area contributed by atoms with Crippen LogP contribution in [0.1, 0.15) is 28.9 Å². The van der Waals surface area contributed by atoms with E-state index < -0.39 is 0 Å². The molecule has 142 valence electrons. The zero-order chi connectivity index (χ0) is 18.9. The molecule has 4 heterocycles. The first-order valence-electron chi connectivity index (χ1n) is 9.24. The van der Waals surface area contributed by atoms with E-state index in [0.717, 1.165) is 41.6 Å².